The van der Waals surface area contributed by atoms with Crippen molar-refractivity contribution in [1.29, 1.82) is 0 Å². The molecule has 1 fully saturated rings. The summed E-state index contributed by atoms with van der Waals surface area (Å²) in [5.41, 5.74) is 0. The van der Waals surface area contributed by atoms with E-state index >= 15 is 0 Å². The molecule has 1 unspecified atom stereocenters. The van der Waals surface area contributed by atoms with E-state index in [9.17, 15) is 18.0 Å². The Morgan fingerprint density at radius 2 is 2.13 bits per heavy atom. The number of carbonyl (C=O) groups is 2. The van der Waals surface area contributed by atoms with Crippen LogP contribution in [-0.2, 0) is 19.4 Å². The Bertz CT molecular complexity index is 697. The number of nitrogens with zero attached hydrogens (tertiary/aromatic N) is 3. The smallest absolute Gasteiger partial charge is 0.242 e. The first-order valence-corrected chi connectivity index (χ1v) is 9.27. The van der Waals surface area contributed by atoms with Gasteiger partial charge in [-0.25, -0.2) is 8.42 Å². The zero-order valence-electron chi connectivity index (χ0n) is 13.5. The third-order valence-corrected chi connectivity index (χ3v) is 5.63. The van der Waals surface area contributed by atoms with E-state index in [1.54, 1.807) is 19.9 Å². The lowest BCUT2D eigenvalue weighted by Gasteiger charge is -2.29. The summed E-state index contributed by atoms with van der Waals surface area (Å²) in [6.07, 6.45) is 0.436. The molecule has 1 aromatic rings. The number of anilines is 1. The van der Waals surface area contributed by atoms with Crippen molar-refractivity contribution in [2.45, 2.75) is 33.2 Å². The number of sulfone groups is 1. The number of hydrogen-bond donors (Lipinski definition) is 0. The fourth-order valence-corrected chi connectivity index (χ4v) is 4.45. The second-order valence-corrected chi connectivity index (χ2v) is 7.87. The van der Waals surface area contributed by atoms with Gasteiger partial charge in [0.2, 0.25) is 11.8 Å². The lowest BCUT2D eigenvalue weighted by molar-refractivity contribution is -0.132. The largest absolute Gasteiger partial charge is 0.360 e. The molecule has 1 aliphatic heterocycles. The Morgan fingerprint density at radius 1 is 1.43 bits per heavy atom. The molecule has 0 aliphatic carbocycles. The Balaban J connectivity index is 2.12. The highest BCUT2D eigenvalue weighted by Gasteiger charge is 2.34. The minimum atomic E-state index is -3.08. The van der Waals surface area contributed by atoms with Crippen molar-refractivity contribution in [2.75, 3.05) is 29.5 Å². The number of rotatable bonds is 5. The number of hydrogen-bond acceptors (Lipinski definition) is 6. The molecule has 0 saturated carbocycles. The van der Waals surface area contributed by atoms with Crippen molar-refractivity contribution in [3.63, 3.8) is 0 Å². The molecule has 8 nitrogen and oxygen atoms in total. The fraction of sp³-hybridized carbons (Fsp3) is 0.643. The van der Waals surface area contributed by atoms with E-state index in [2.05, 4.69) is 5.16 Å². The summed E-state index contributed by atoms with van der Waals surface area (Å²) in [7, 11) is -3.08. The molecule has 1 aliphatic rings. The van der Waals surface area contributed by atoms with Crippen LogP contribution < -0.4 is 4.90 Å². The van der Waals surface area contributed by atoms with Crippen LogP contribution in [0.5, 0.6) is 0 Å². The van der Waals surface area contributed by atoms with E-state index in [1.165, 1.54) is 16.7 Å². The first-order valence-electron chi connectivity index (χ1n) is 7.45. The Hall–Kier alpha value is -1.90. The maximum Gasteiger partial charge on any atom is 0.242 e. The van der Waals surface area contributed by atoms with Gasteiger partial charge in [0.1, 0.15) is 12.3 Å². The molecule has 0 spiro atoms. The van der Waals surface area contributed by atoms with Crippen LogP contribution in [0.2, 0.25) is 0 Å². The van der Waals surface area contributed by atoms with Gasteiger partial charge in [-0.3, -0.25) is 14.5 Å². The SMILES string of the molecule is CCN(C(=O)CN(C(C)=O)c1cc(C)on1)C1CCS(=O)(=O)C1. The zero-order chi connectivity index (χ0) is 17.2. The van der Waals surface area contributed by atoms with Gasteiger partial charge in [0.05, 0.1) is 11.5 Å². The average molecular weight is 343 g/mol. The van der Waals surface area contributed by atoms with Gasteiger partial charge < -0.3 is 9.42 Å². The van der Waals surface area contributed by atoms with Crippen molar-refractivity contribution >= 4 is 27.5 Å². The number of likely N-dealkylation sites (N-methyl/N-ethyl adjacent to an activating group) is 1. The summed E-state index contributed by atoms with van der Waals surface area (Å²) in [4.78, 5) is 27.1. The number of aryl methyl sites for hydroxylation is 1. The van der Waals surface area contributed by atoms with Crippen molar-refractivity contribution < 1.29 is 22.5 Å². The minimum absolute atomic E-state index is 0.0181. The van der Waals surface area contributed by atoms with Gasteiger partial charge in [0, 0.05) is 25.6 Å². The van der Waals surface area contributed by atoms with Crippen LogP contribution in [0.15, 0.2) is 10.6 Å². The molecule has 1 atom stereocenters. The second kappa shape index (κ2) is 6.69. The van der Waals surface area contributed by atoms with Gasteiger partial charge >= 0.3 is 0 Å². The zero-order valence-corrected chi connectivity index (χ0v) is 14.3. The highest BCUT2D eigenvalue weighted by Crippen LogP contribution is 2.19. The summed E-state index contributed by atoms with van der Waals surface area (Å²) in [5, 5.41) is 3.76. The molecule has 2 heterocycles. The lowest BCUT2D eigenvalue weighted by atomic mass is 10.2. The molecule has 2 rings (SSSR count). The highest BCUT2D eigenvalue weighted by atomic mass is 32.2. The monoisotopic (exact) mass is 343 g/mol. The molecule has 0 radical (unpaired) electrons. The predicted octanol–water partition coefficient (Wildman–Crippen LogP) is 0.372. The topological polar surface area (TPSA) is 101 Å². The molecular weight excluding hydrogens is 322 g/mol. The van der Waals surface area contributed by atoms with Crippen LogP contribution in [-0.4, -0.2) is 60.9 Å². The number of amides is 2. The minimum Gasteiger partial charge on any atom is -0.360 e. The van der Waals surface area contributed by atoms with Crippen molar-refractivity contribution in [3.8, 4) is 0 Å². The molecule has 2 amide bonds. The van der Waals surface area contributed by atoms with Gasteiger partial charge in [-0.2, -0.15) is 0 Å². The molecule has 0 aromatic carbocycles. The van der Waals surface area contributed by atoms with Gasteiger partial charge in [0.15, 0.2) is 15.7 Å². The van der Waals surface area contributed by atoms with Crippen molar-refractivity contribution in [1.82, 2.24) is 10.1 Å². The van der Waals surface area contributed by atoms with Crippen LogP contribution >= 0.6 is 0 Å². The standard InChI is InChI=1S/C14H21N3O5S/c1-4-16(12-5-6-23(20,21)9-12)14(19)8-17(11(3)18)13-7-10(2)22-15-13/h7,12H,4-6,8-9H2,1-3H3. The second-order valence-electron chi connectivity index (χ2n) is 5.64. The van der Waals surface area contributed by atoms with E-state index < -0.39 is 9.84 Å². The normalized spacial score (nSPS) is 19.5. The molecule has 0 N–H and O–H groups in total. The quantitative estimate of drug-likeness (QED) is 0.766. The summed E-state index contributed by atoms with van der Waals surface area (Å²) in [6.45, 7) is 5.03. The average Bonchev–Trinajstić information content (AvgIpc) is 3.02. The number of carbonyl (C=O) groups excluding carboxylic acids is 2. The van der Waals surface area contributed by atoms with Crippen LogP contribution in [0.4, 0.5) is 5.82 Å². The molecule has 0 bridgehead atoms. The van der Waals surface area contributed by atoms with Gasteiger partial charge in [-0.1, -0.05) is 5.16 Å². The summed E-state index contributed by atoms with van der Waals surface area (Å²) in [5.74, 6) is 0.259. The van der Waals surface area contributed by atoms with Crippen LogP contribution in [0.1, 0.15) is 26.0 Å². The van der Waals surface area contributed by atoms with Crippen LogP contribution in [0.3, 0.4) is 0 Å². The van der Waals surface area contributed by atoms with E-state index in [0.717, 1.165) is 0 Å². The maximum absolute atomic E-state index is 12.5. The Morgan fingerprint density at radius 3 is 2.57 bits per heavy atom. The molecule has 128 valence electrons. The van der Waals surface area contributed by atoms with E-state index in [4.69, 9.17) is 4.52 Å². The highest BCUT2D eigenvalue weighted by molar-refractivity contribution is 7.91. The van der Waals surface area contributed by atoms with Crippen LogP contribution in [0.25, 0.3) is 0 Å². The molecule has 9 heteroatoms. The molecule has 1 saturated heterocycles. The third kappa shape index (κ3) is 4.10. The maximum atomic E-state index is 12.5. The van der Waals surface area contributed by atoms with Crippen molar-refractivity contribution in [3.05, 3.63) is 11.8 Å². The summed E-state index contributed by atoms with van der Waals surface area (Å²) < 4.78 is 28.2. The Kier molecular flexibility index (Phi) is 5.08. The van der Waals surface area contributed by atoms with E-state index in [-0.39, 0.29) is 41.7 Å². The van der Waals surface area contributed by atoms with Crippen molar-refractivity contribution in [2.24, 2.45) is 0 Å². The third-order valence-electron chi connectivity index (χ3n) is 3.88. The van der Waals surface area contributed by atoms with Gasteiger partial charge in [0.25, 0.3) is 0 Å². The van der Waals surface area contributed by atoms with E-state index in [1.807, 2.05) is 0 Å². The first-order chi connectivity index (χ1) is 10.7. The summed E-state index contributed by atoms with van der Waals surface area (Å²) in [6, 6.07) is 1.25. The van der Waals surface area contributed by atoms with Crippen LogP contribution in [0, 0.1) is 6.92 Å². The lowest BCUT2D eigenvalue weighted by Crippen LogP contribution is -2.47. The predicted molar refractivity (Wildman–Crippen MR) is 83.7 cm³/mol. The molecule has 1 aromatic heterocycles. The Labute approximate surface area is 135 Å². The fourth-order valence-electron chi connectivity index (χ4n) is 2.72. The molecular formula is C14H21N3O5S. The summed E-state index contributed by atoms with van der Waals surface area (Å²) >= 11 is 0. The number of aromatic nitrogens is 1. The first kappa shape index (κ1) is 17.5. The van der Waals surface area contributed by atoms with Gasteiger partial charge in [-0.15, -0.1) is 0 Å². The van der Waals surface area contributed by atoms with E-state index in [0.29, 0.717) is 18.7 Å². The van der Waals surface area contributed by atoms with Gasteiger partial charge in [-0.05, 0) is 20.3 Å². The molecule has 23 heavy (non-hydrogen) atoms.